The molecule has 1 saturated carbocycles. The van der Waals surface area contributed by atoms with Gasteiger partial charge >= 0.3 is 0 Å². The Labute approximate surface area is 132 Å². The predicted molar refractivity (Wildman–Crippen MR) is 81.4 cm³/mol. The van der Waals surface area contributed by atoms with Gasteiger partial charge in [0.2, 0.25) is 10.0 Å². The van der Waals surface area contributed by atoms with E-state index in [1.54, 1.807) is 4.90 Å². The highest BCUT2D eigenvalue weighted by Gasteiger charge is 2.31. The van der Waals surface area contributed by atoms with E-state index in [1.165, 1.54) is 18.2 Å². The number of carbonyl (C=O) groups is 1. The number of nitrogens with two attached hydrogens (primary N) is 1. The number of sulfonamides is 1. The van der Waals surface area contributed by atoms with E-state index in [0.717, 1.165) is 12.8 Å². The topological polar surface area (TPSA) is 89.7 Å². The molecule has 2 N–H and O–H groups in total. The van der Waals surface area contributed by atoms with Crippen molar-refractivity contribution in [1.82, 2.24) is 4.90 Å². The number of amides is 1. The van der Waals surface area contributed by atoms with Crippen molar-refractivity contribution in [2.45, 2.75) is 30.7 Å². The maximum absolute atomic E-state index is 12.0. The number of hydrogen-bond donors (Lipinski definition) is 1. The third-order valence-corrected chi connectivity index (χ3v) is 4.76. The van der Waals surface area contributed by atoms with Crippen LogP contribution in [-0.2, 0) is 14.8 Å². The first kappa shape index (κ1) is 16.3. The molecule has 1 aliphatic rings. The lowest BCUT2D eigenvalue weighted by Crippen LogP contribution is -2.36. The van der Waals surface area contributed by atoms with Crippen molar-refractivity contribution in [3.8, 4) is 5.75 Å². The Morgan fingerprint density at radius 2 is 2.14 bits per heavy atom. The summed E-state index contributed by atoms with van der Waals surface area (Å²) in [5, 5.41) is 5.05. The van der Waals surface area contributed by atoms with Gasteiger partial charge in [0.25, 0.3) is 5.91 Å². The Hall–Kier alpha value is -1.12. The van der Waals surface area contributed by atoms with Crippen molar-refractivity contribution >= 4 is 31.9 Å². The van der Waals surface area contributed by atoms with Crippen LogP contribution >= 0.6 is 15.9 Å². The number of hydrogen-bond acceptors (Lipinski definition) is 4. The molecule has 0 aromatic heterocycles. The molecule has 0 saturated heterocycles. The fourth-order valence-corrected chi connectivity index (χ4v) is 3.21. The average molecular weight is 377 g/mol. The lowest BCUT2D eigenvalue weighted by atomic mass is 10.3. The minimum atomic E-state index is -3.75. The summed E-state index contributed by atoms with van der Waals surface area (Å²) in [5.41, 5.74) is 0. The van der Waals surface area contributed by atoms with E-state index >= 15 is 0 Å². The molecule has 116 valence electrons. The van der Waals surface area contributed by atoms with Crippen LogP contribution in [0.4, 0.5) is 0 Å². The zero-order chi connectivity index (χ0) is 15.6. The number of ether oxygens (including phenoxy) is 1. The summed E-state index contributed by atoms with van der Waals surface area (Å²) in [5.74, 6) is 0.338. The maximum atomic E-state index is 12.0. The van der Waals surface area contributed by atoms with Crippen molar-refractivity contribution in [2.24, 2.45) is 5.14 Å². The highest BCUT2D eigenvalue weighted by Crippen LogP contribution is 2.29. The molecule has 0 aliphatic heterocycles. The van der Waals surface area contributed by atoms with Crippen LogP contribution in [-0.4, -0.2) is 38.4 Å². The van der Waals surface area contributed by atoms with Crippen molar-refractivity contribution in [3.63, 3.8) is 0 Å². The van der Waals surface area contributed by atoms with Gasteiger partial charge in [0.1, 0.15) is 5.75 Å². The Bertz CT molecular complexity index is 644. The fraction of sp³-hybridized carbons (Fsp3) is 0.462. The van der Waals surface area contributed by atoms with Gasteiger partial charge in [-0.2, -0.15) is 0 Å². The molecule has 1 aliphatic carbocycles. The van der Waals surface area contributed by atoms with Gasteiger partial charge in [0.15, 0.2) is 6.61 Å². The van der Waals surface area contributed by atoms with Crippen molar-refractivity contribution in [1.29, 1.82) is 0 Å². The summed E-state index contributed by atoms with van der Waals surface area (Å²) in [6, 6.07) is 4.52. The maximum Gasteiger partial charge on any atom is 0.260 e. The van der Waals surface area contributed by atoms with Gasteiger partial charge in [0.05, 0.1) is 9.37 Å². The molecule has 1 amide bonds. The van der Waals surface area contributed by atoms with E-state index in [9.17, 15) is 13.2 Å². The molecule has 0 spiro atoms. The number of carbonyl (C=O) groups excluding carboxylic acids is 1. The molecule has 0 unspecified atom stereocenters. The van der Waals surface area contributed by atoms with E-state index < -0.39 is 10.0 Å². The SMILES string of the molecule is CCN(C(=O)COc1ccc(S(N)(=O)=O)cc1Br)C1CC1. The number of rotatable bonds is 6. The van der Waals surface area contributed by atoms with Gasteiger partial charge < -0.3 is 9.64 Å². The van der Waals surface area contributed by atoms with Crippen LogP contribution in [0.1, 0.15) is 19.8 Å². The Morgan fingerprint density at radius 1 is 1.48 bits per heavy atom. The van der Waals surface area contributed by atoms with Crippen LogP contribution in [0.5, 0.6) is 5.75 Å². The standard InChI is InChI=1S/C13H17BrN2O4S/c1-2-16(9-3-4-9)13(17)8-20-12-6-5-10(7-11(12)14)21(15,18)19/h5-7,9H,2-4,8H2,1H3,(H2,15,18,19). The van der Waals surface area contributed by atoms with Crippen LogP contribution in [0.3, 0.4) is 0 Å². The van der Waals surface area contributed by atoms with E-state index in [1.807, 2.05) is 6.92 Å². The minimum absolute atomic E-state index is 0.0128. The van der Waals surface area contributed by atoms with E-state index in [2.05, 4.69) is 15.9 Å². The van der Waals surface area contributed by atoms with Gasteiger partial charge in [-0.3, -0.25) is 4.79 Å². The van der Waals surface area contributed by atoms with Crippen LogP contribution < -0.4 is 9.88 Å². The first-order valence-electron chi connectivity index (χ1n) is 6.57. The molecule has 1 aromatic rings. The minimum Gasteiger partial charge on any atom is -0.483 e. The summed E-state index contributed by atoms with van der Waals surface area (Å²) < 4.78 is 28.4. The van der Waals surface area contributed by atoms with Gasteiger partial charge in [-0.05, 0) is 53.9 Å². The molecule has 6 nitrogen and oxygen atoms in total. The fourth-order valence-electron chi connectivity index (χ4n) is 2.02. The number of halogens is 1. The summed E-state index contributed by atoms with van der Waals surface area (Å²) in [4.78, 5) is 13.8. The second-order valence-corrected chi connectivity index (χ2v) is 7.25. The molecule has 0 heterocycles. The lowest BCUT2D eigenvalue weighted by Gasteiger charge is -2.20. The van der Waals surface area contributed by atoms with E-state index in [4.69, 9.17) is 9.88 Å². The molecule has 2 rings (SSSR count). The predicted octanol–water partition coefficient (Wildman–Crippen LogP) is 1.49. The van der Waals surface area contributed by atoms with Crippen LogP contribution in [0.25, 0.3) is 0 Å². The normalized spacial score (nSPS) is 14.8. The third kappa shape index (κ3) is 4.18. The van der Waals surface area contributed by atoms with Gasteiger partial charge in [-0.1, -0.05) is 0 Å². The Kier molecular flexibility index (Phi) is 4.90. The highest BCUT2D eigenvalue weighted by molar-refractivity contribution is 9.10. The molecule has 21 heavy (non-hydrogen) atoms. The second-order valence-electron chi connectivity index (χ2n) is 4.84. The zero-order valence-corrected chi connectivity index (χ0v) is 14.0. The molecule has 1 fully saturated rings. The molecular weight excluding hydrogens is 360 g/mol. The summed E-state index contributed by atoms with van der Waals surface area (Å²) >= 11 is 3.22. The van der Waals surface area contributed by atoms with E-state index in [-0.39, 0.29) is 17.4 Å². The third-order valence-electron chi connectivity index (χ3n) is 3.23. The molecule has 0 radical (unpaired) electrons. The summed E-state index contributed by atoms with van der Waals surface area (Å²) in [7, 11) is -3.75. The Morgan fingerprint density at radius 3 is 2.62 bits per heavy atom. The molecule has 1 aromatic carbocycles. The first-order valence-corrected chi connectivity index (χ1v) is 8.91. The lowest BCUT2D eigenvalue weighted by molar-refractivity contribution is -0.133. The second kappa shape index (κ2) is 6.33. The Balaban J connectivity index is 2.01. The number of nitrogens with zero attached hydrogens (tertiary/aromatic N) is 1. The average Bonchev–Trinajstić information content (AvgIpc) is 3.21. The monoisotopic (exact) mass is 376 g/mol. The van der Waals surface area contributed by atoms with Crippen LogP contribution in [0.15, 0.2) is 27.6 Å². The molecular formula is C13H17BrN2O4S. The van der Waals surface area contributed by atoms with Crippen molar-refractivity contribution in [3.05, 3.63) is 22.7 Å². The number of likely N-dealkylation sites (N-methyl/N-ethyl adjacent to an activating group) is 1. The largest absolute Gasteiger partial charge is 0.483 e. The molecule has 0 bridgehead atoms. The summed E-state index contributed by atoms with van der Waals surface area (Å²) in [6.45, 7) is 2.53. The van der Waals surface area contributed by atoms with Crippen molar-refractivity contribution < 1.29 is 17.9 Å². The highest BCUT2D eigenvalue weighted by atomic mass is 79.9. The summed E-state index contributed by atoms with van der Waals surface area (Å²) in [6.07, 6.45) is 2.10. The van der Waals surface area contributed by atoms with Gasteiger partial charge in [-0.15, -0.1) is 0 Å². The van der Waals surface area contributed by atoms with Crippen molar-refractivity contribution in [2.75, 3.05) is 13.2 Å². The van der Waals surface area contributed by atoms with Crippen LogP contribution in [0, 0.1) is 0 Å². The quantitative estimate of drug-likeness (QED) is 0.813. The number of primary sulfonamides is 1. The molecule has 0 atom stereocenters. The number of benzene rings is 1. The van der Waals surface area contributed by atoms with Crippen LogP contribution in [0.2, 0.25) is 0 Å². The first-order chi connectivity index (χ1) is 9.82. The smallest absolute Gasteiger partial charge is 0.260 e. The zero-order valence-electron chi connectivity index (χ0n) is 11.6. The van der Waals surface area contributed by atoms with Gasteiger partial charge in [-0.25, -0.2) is 13.6 Å². The molecule has 8 heteroatoms. The van der Waals surface area contributed by atoms with Gasteiger partial charge in [0, 0.05) is 12.6 Å². The van der Waals surface area contributed by atoms with E-state index in [0.29, 0.717) is 22.8 Å².